The van der Waals surface area contributed by atoms with Crippen LogP contribution >= 0.6 is 102 Å². The van der Waals surface area contributed by atoms with Crippen molar-refractivity contribution in [2.75, 3.05) is 11.5 Å². The van der Waals surface area contributed by atoms with E-state index in [0.717, 1.165) is 49.3 Å². The minimum atomic E-state index is 0.241. The molecule has 1 N–H and O–H groups in total. The molecule has 3 unspecified atom stereocenters. The molecule has 1 aliphatic heterocycles. The van der Waals surface area contributed by atoms with Crippen LogP contribution in [-0.2, 0) is 0 Å². The monoisotopic (exact) mass is 881 g/mol. The van der Waals surface area contributed by atoms with Gasteiger partial charge in [-0.2, -0.15) is 24.4 Å². The maximum atomic E-state index is 9.92. The number of rotatable bonds is 9. The number of allylic oxidation sites excluding steroid dienone is 10. The van der Waals surface area contributed by atoms with E-state index < -0.39 is 0 Å². The fraction of sp³-hybridized carbons (Fsp3) is 0.275. The van der Waals surface area contributed by atoms with Crippen molar-refractivity contribution in [3.05, 3.63) is 124 Å². The maximum Gasteiger partial charge on any atom is 0.0705 e. The molecule has 0 saturated carbocycles. The molecule has 1 nitrogen and oxygen atoms in total. The van der Waals surface area contributed by atoms with Crippen molar-refractivity contribution in [2.45, 2.75) is 45.3 Å². The van der Waals surface area contributed by atoms with E-state index in [9.17, 15) is 5.41 Å². The molecule has 0 bridgehead atoms. The van der Waals surface area contributed by atoms with Crippen LogP contribution in [0.25, 0.3) is 30.7 Å². The highest BCUT2D eigenvalue weighted by atomic mass is 79.9. The Morgan fingerprint density at radius 3 is 1.80 bits per heavy atom. The van der Waals surface area contributed by atoms with Gasteiger partial charge in [0.15, 0.2) is 0 Å². The lowest BCUT2D eigenvalue weighted by Crippen LogP contribution is -2.27. The molecule has 0 radical (unpaired) electrons. The standard InChI is InChI=1S/C40H37Br2NS6/c1-4-22(20-44)39-28(31-12-14-33(47-31)35-16-18-37(42)49-35)10-9-27(40(39)43)26-8-7-25(29-19-24(6-3)45-21-23(5-2)38(26)29)30-11-13-32(46-30)34-15-17-36(41)48-34/h7-19,23-24,38,43-44H,4-6,20-21H2,1-3H3/b39-22-,43-40?. The second-order valence-electron chi connectivity index (χ2n) is 12.3. The quantitative estimate of drug-likeness (QED) is 0.161. The van der Waals surface area contributed by atoms with Gasteiger partial charge in [-0.15, -0.1) is 45.3 Å². The van der Waals surface area contributed by atoms with E-state index in [0.29, 0.717) is 22.6 Å². The Morgan fingerprint density at radius 1 is 0.694 bits per heavy atom. The third-order valence-corrected chi connectivity index (χ3v) is 17.3. The van der Waals surface area contributed by atoms with Crippen LogP contribution in [0.5, 0.6) is 0 Å². The zero-order valence-electron chi connectivity index (χ0n) is 27.5. The largest absolute Gasteiger partial charge is 0.300 e. The van der Waals surface area contributed by atoms with E-state index in [4.69, 9.17) is 12.6 Å². The Balaban J connectivity index is 1.36. The third-order valence-electron chi connectivity index (χ3n) is 9.56. The first kappa shape index (κ1) is 36.0. The summed E-state index contributed by atoms with van der Waals surface area (Å²) in [4.78, 5) is 7.67. The van der Waals surface area contributed by atoms with Crippen LogP contribution in [0.15, 0.2) is 114 Å². The van der Waals surface area contributed by atoms with Crippen molar-refractivity contribution in [2.24, 2.45) is 11.8 Å². The van der Waals surface area contributed by atoms with Crippen LogP contribution < -0.4 is 0 Å². The molecule has 3 aliphatic rings. The predicted molar refractivity (Wildman–Crippen MR) is 234 cm³/mol. The van der Waals surface area contributed by atoms with E-state index in [1.165, 1.54) is 51.6 Å². The van der Waals surface area contributed by atoms with Gasteiger partial charge in [0, 0.05) is 62.9 Å². The van der Waals surface area contributed by atoms with Gasteiger partial charge in [0.1, 0.15) is 0 Å². The number of fused-ring (bicyclic) bond motifs is 1. The number of thiol groups is 1. The number of halogens is 2. The first-order valence-electron chi connectivity index (χ1n) is 16.7. The molecule has 0 spiro atoms. The first-order valence-corrected chi connectivity index (χ1v) is 23.2. The highest BCUT2D eigenvalue weighted by molar-refractivity contribution is 9.11. The average Bonchev–Trinajstić information content (AvgIpc) is 3.93. The maximum absolute atomic E-state index is 9.92. The highest BCUT2D eigenvalue weighted by Crippen LogP contribution is 2.52. The predicted octanol–water partition coefficient (Wildman–Crippen LogP) is 14.9. The summed E-state index contributed by atoms with van der Waals surface area (Å²) in [6, 6.07) is 17.7. The van der Waals surface area contributed by atoms with Crippen molar-refractivity contribution < 1.29 is 0 Å². The van der Waals surface area contributed by atoms with Gasteiger partial charge in [-0.3, -0.25) is 5.41 Å². The third kappa shape index (κ3) is 7.17. The van der Waals surface area contributed by atoms with Crippen molar-refractivity contribution in [1.29, 1.82) is 5.41 Å². The molecular formula is C40H37Br2NS6. The molecule has 0 fully saturated rings. The lowest BCUT2D eigenvalue weighted by molar-refractivity contribution is 0.467. The molecule has 3 atom stereocenters. The molecule has 252 valence electrons. The summed E-state index contributed by atoms with van der Waals surface area (Å²) in [5.74, 6) is 2.49. The van der Waals surface area contributed by atoms with Gasteiger partial charge in [-0.1, -0.05) is 63.1 Å². The van der Waals surface area contributed by atoms with Crippen LogP contribution in [0.1, 0.15) is 49.8 Å². The topological polar surface area (TPSA) is 23.9 Å². The van der Waals surface area contributed by atoms with Crippen molar-refractivity contribution in [1.82, 2.24) is 0 Å². The zero-order chi connectivity index (χ0) is 34.2. The second-order valence-corrected chi connectivity index (χ2v) is 21.0. The van der Waals surface area contributed by atoms with Gasteiger partial charge >= 0.3 is 0 Å². The van der Waals surface area contributed by atoms with Crippen molar-refractivity contribution in [3.8, 4) is 19.5 Å². The van der Waals surface area contributed by atoms with Crippen LogP contribution in [0.2, 0.25) is 0 Å². The van der Waals surface area contributed by atoms with Gasteiger partial charge in [0.25, 0.3) is 0 Å². The summed E-state index contributed by atoms with van der Waals surface area (Å²) in [5.41, 5.74) is 9.23. The average molecular weight is 884 g/mol. The normalized spacial score (nSPS) is 22.1. The lowest BCUT2D eigenvalue weighted by atomic mass is 9.69. The van der Waals surface area contributed by atoms with E-state index in [1.807, 2.05) is 22.7 Å². The minimum absolute atomic E-state index is 0.241. The van der Waals surface area contributed by atoms with E-state index in [-0.39, 0.29) is 5.92 Å². The van der Waals surface area contributed by atoms with Gasteiger partial charge in [0.2, 0.25) is 0 Å². The number of hydrogen-bond acceptors (Lipinski definition) is 7. The van der Waals surface area contributed by atoms with E-state index in [1.54, 1.807) is 22.7 Å². The molecule has 2 aliphatic carbocycles. The van der Waals surface area contributed by atoms with Crippen LogP contribution in [0, 0.1) is 17.2 Å². The smallest absolute Gasteiger partial charge is 0.0705 e. The SMILES string of the molecule is CC/C(CS)=C1/C(=N)C(C2=CC=C(c3ccc(-c4ccc(Br)s4)s3)C3=CC(CC)SCC(CC)C23)=CC=C1c1ccc(-c2ccc(Br)s2)s1. The van der Waals surface area contributed by atoms with Crippen molar-refractivity contribution in [3.63, 3.8) is 0 Å². The molecule has 4 aromatic rings. The number of thioether (sulfide) groups is 1. The molecule has 4 aromatic heterocycles. The summed E-state index contributed by atoms with van der Waals surface area (Å²) in [5, 5.41) is 10.4. The van der Waals surface area contributed by atoms with E-state index in [2.05, 4.69) is 143 Å². The first-order chi connectivity index (χ1) is 23.8. The van der Waals surface area contributed by atoms with E-state index >= 15 is 0 Å². The summed E-state index contributed by atoms with van der Waals surface area (Å²) < 4.78 is 2.30. The fourth-order valence-electron chi connectivity index (χ4n) is 6.98. The zero-order valence-corrected chi connectivity index (χ0v) is 35.7. The highest BCUT2D eigenvalue weighted by Gasteiger charge is 2.38. The van der Waals surface area contributed by atoms with Gasteiger partial charge in [-0.25, -0.2) is 0 Å². The summed E-state index contributed by atoms with van der Waals surface area (Å²) >= 11 is 21.5. The van der Waals surface area contributed by atoms with Gasteiger partial charge in [-0.05, 0) is 122 Å². The Morgan fingerprint density at radius 2 is 1.24 bits per heavy atom. The second kappa shape index (κ2) is 15.7. The Kier molecular flexibility index (Phi) is 11.5. The molecule has 5 heterocycles. The molecule has 9 heteroatoms. The van der Waals surface area contributed by atoms with Crippen LogP contribution in [0.4, 0.5) is 0 Å². The van der Waals surface area contributed by atoms with Crippen LogP contribution in [0.3, 0.4) is 0 Å². The summed E-state index contributed by atoms with van der Waals surface area (Å²) in [6.45, 7) is 6.87. The van der Waals surface area contributed by atoms with Gasteiger partial charge in [0.05, 0.1) is 13.3 Å². The fourth-order valence-corrected chi connectivity index (χ4v) is 13.8. The Hall–Kier alpha value is -1.43. The molecular weight excluding hydrogens is 847 g/mol. The molecule has 0 saturated heterocycles. The van der Waals surface area contributed by atoms with Gasteiger partial charge < -0.3 is 0 Å². The Labute approximate surface area is 332 Å². The lowest BCUT2D eigenvalue weighted by Gasteiger charge is -2.35. The number of nitrogens with one attached hydrogen (secondary N) is 1. The summed E-state index contributed by atoms with van der Waals surface area (Å²) in [6.07, 6.45) is 14.9. The number of thiophene rings is 4. The molecule has 49 heavy (non-hydrogen) atoms. The van der Waals surface area contributed by atoms with Crippen molar-refractivity contribution >= 4 is 118 Å². The van der Waals surface area contributed by atoms with Crippen LogP contribution in [-0.4, -0.2) is 22.5 Å². The molecule has 0 aromatic carbocycles. The molecule has 0 amide bonds. The minimum Gasteiger partial charge on any atom is -0.300 e. The number of hydrogen-bond donors (Lipinski definition) is 2. The summed E-state index contributed by atoms with van der Waals surface area (Å²) in [7, 11) is 0. The molecule has 7 rings (SSSR count). The Bertz CT molecular complexity index is 2080.